The summed E-state index contributed by atoms with van der Waals surface area (Å²) in [6.07, 6.45) is 3.88. The summed E-state index contributed by atoms with van der Waals surface area (Å²) < 4.78 is 1.97. The van der Waals surface area contributed by atoms with Crippen LogP contribution in [0.4, 0.5) is 5.00 Å². The van der Waals surface area contributed by atoms with E-state index in [-0.39, 0.29) is 16.8 Å². The van der Waals surface area contributed by atoms with Gasteiger partial charge in [-0.25, -0.2) is 0 Å². The van der Waals surface area contributed by atoms with Crippen LogP contribution in [-0.2, 0) is 0 Å². The van der Waals surface area contributed by atoms with Gasteiger partial charge in [0.15, 0.2) is 0 Å². The Hall–Kier alpha value is -3.46. The lowest BCUT2D eigenvalue weighted by Crippen LogP contribution is -2.50. The number of amides is 2. The molecule has 1 aliphatic rings. The van der Waals surface area contributed by atoms with E-state index in [4.69, 9.17) is 0 Å². The fourth-order valence-electron chi connectivity index (χ4n) is 3.27. The lowest BCUT2D eigenvalue weighted by atomic mass is 10.1. The van der Waals surface area contributed by atoms with E-state index in [0.717, 1.165) is 17.0 Å². The molecule has 0 spiro atoms. The second-order valence-electron chi connectivity index (χ2n) is 6.62. The summed E-state index contributed by atoms with van der Waals surface area (Å²) >= 11 is 0.874. The normalized spacial score (nSPS) is 14.1. The van der Waals surface area contributed by atoms with Gasteiger partial charge in [-0.15, -0.1) is 0 Å². The molecule has 8 nitrogen and oxygen atoms in total. The molecule has 0 bridgehead atoms. The van der Waals surface area contributed by atoms with Gasteiger partial charge in [-0.1, -0.05) is 11.3 Å². The molecule has 29 heavy (non-hydrogen) atoms. The standard InChI is InChI=1S/C20H18N4O4S/c25-19(15-3-5-16(6-4-15)21-9-1-2-10-21)22-11-13-23(14-12-22)20(26)17-7-8-18(29-17)24(27)28/h1-10H,11-14H2. The van der Waals surface area contributed by atoms with Gasteiger partial charge < -0.3 is 14.4 Å². The second-order valence-corrected chi connectivity index (χ2v) is 7.68. The average molecular weight is 410 g/mol. The maximum absolute atomic E-state index is 12.8. The highest BCUT2D eigenvalue weighted by molar-refractivity contribution is 7.17. The van der Waals surface area contributed by atoms with Crippen LogP contribution in [-0.4, -0.2) is 57.3 Å². The van der Waals surface area contributed by atoms with Gasteiger partial charge in [-0.3, -0.25) is 19.7 Å². The Bertz CT molecular complexity index is 1030. The van der Waals surface area contributed by atoms with Crippen LogP contribution in [0.15, 0.2) is 60.9 Å². The third kappa shape index (κ3) is 3.90. The number of piperazine rings is 1. The number of hydrogen-bond donors (Lipinski definition) is 0. The first-order valence-corrected chi connectivity index (χ1v) is 9.91. The van der Waals surface area contributed by atoms with E-state index in [0.29, 0.717) is 36.6 Å². The van der Waals surface area contributed by atoms with Gasteiger partial charge in [0, 0.05) is 55.9 Å². The molecular weight excluding hydrogens is 392 g/mol. The van der Waals surface area contributed by atoms with Crippen LogP contribution in [0.5, 0.6) is 0 Å². The summed E-state index contributed by atoms with van der Waals surface area (Å²) in [5, 5.41) is 10.7. The number of aromatic nitrogens is 1. The van der Waals surface area contributed by atoms with E-state index < -0.39 is 4.92 Å². The summed E-state index contributed by atoms with van der Waals surface area (Å²) in [5.74, 6) is -0.297. The minimum Gasteiger partial charge on any atom is -0.335 e. The number of benzene rings is 1. The molecule has 4 rings (SSSR count). The molecule has 0 unspecified atom stereocenters. The third-order valence-electron chi connectivity index (χ3n) is 4.85. The van der Waals surface area contributed by atoms with Crippen molar-refractivity contribution in [3.05, 3.63) is 81.5 Å². The summed E-state index contributed by atoms with van der Waals surface area (Å²) in [5.41, 5.74) is 1.58. The SMILES string of the molecule is O=C(c1ccc(-n2cccc2)cc1)N1CCN(C(=O)c2ccc([N+](=O)[O-])s2)CC1. The van der Waals surface area contributed by atoms with E-state index in [1.807, 2.05) is 41.2 Å². The molecule has 1 saturated heterocycles. The van der Waals surface area contributed by atoms with Crippen LogP contribution in [0.1, 0.15) is 20.0 Å². The molecule has 0 atom stereocenters. The highest BCUT2D eigenvalue weighted by Crippen LogP contribution is 2.25. The maximum atomic E-state index is 12.8. The van der Waals surface area contributed by atoms with Crippen LogP contribution in [0.3, 0.4) is 0 Å². The Morgan fingerprint density at radius 2 is 1.45 bits per heavy atom. The van der Waals surface area contributed by atoms with Gasteiger partial charge >= 0.3 is 5.00 Å². The van der Waals surface area contributed by atoms with Gasteiger partial charge in [0.25, 0.3) is 11.8 Å². The molecule has 148 valence electrons. The van der Waals surface area contributed by atoms with Gasteiger partial charge in [-0.05, 0) is 42.5 Å². The molecule has 1 fully saturated rings. The summed E-state index contributed by atoms with van der Waals surface area (Å²) in [7, 11) is 0. The quantitative estimate of drug-likeness (QED) is 0.488. The molecule has 1 aliphatic heterocycles. The smallest absolute Gasteiger partial charge is 0.324 e. The molecule has 2 aromatic heterocycles. The Balaban J connectivity index is 1.36. The van der Waals surface area contributed by atoms with Gasteiger partial charge in [0.1, 0.15) is 0 Å². The molecule has 0 saturated carbocycles. The van der Waals surface area contributed by atoms with Gasteiger partial charge in [-0.2, -0.15) is 0 Å². The zero-order valence-electron chi connectivity index (χ0n) is 15.4. The summed E-state index contributed by atoms with van der Waals surface area (Å²) in [6.45, 7) is 1.66. The average Bonchev–Trinajstić information content (AvgIpc) is 3.45. The third-order valence-corrected chi connectivity index (χ3v) is 5.88. The van der Waals surface area contributed by atoms with Crippen molar-refractivity contribution in [3.8, 4) is 5.69 Å². The largest absolute Gasteiger partial charge is 0.335 e. The van der Waals surface area contributed by atoms with E-state index in [2.05, 4.69) is 0 Å². The second kappa shape index (κ2) is 7.88. The first-order chi connectivity index (χ1) is 14.0. The number of nitrogens with zero attached hydrogens (tertiary/aromatic N) is 4. The fraction of sp³-hybridized carbons (Fsp3) is 0.200. The van der Waals surface area contributed by atoms with Crippen LogP contribution in [0, 0.1) is 10.1 Å². The number of carbonyl (C=O) groups excluding carboxylic acids is 2. The fourth-order valence-corrected chi connectivity index (χ4v) is 4.06. The topological polar surface area (TPSA) is 88.7 Å². The zero-order valence-corrected chi connectivity index (χ0v) is 16.2. The van der Waals surface area contributed by atoms with Crippen molar-refractivity contribution in [2.24, 2.45) is 0 Å². The molecule has 0 aliphatic carbocycles. The van der Waals surface area contributed by atoms with Crippen molar-refractivity contribution in [1.29, 1.82) is 0 Å². The number of thiophene rings is 1. The van der Waals surface area contributed by atoms with Crippen LogP contribution < -0.4 is 0 Å². The van der Waals surface area contributed by atoms with Crippen molar-refractivity contribution in [1.82, 2.24) is 14.4 Å². The number of hydrogen-bond acceptors (Lipinski definition) is 5. The Morgan fingerprint density at radius 3 is 2.00 bits per heavy atom. The summed E-state index contributed by atoms with van der Waals surface area (Å²) in [4.78, 5) is 39.3. The van der Waals surface area contributed by atoms with Crippen molar-refractivity contribution in [3.63, 3.8) is 0 Å². The van der Waals surface area contributed by atoms with Gasteiger partial charge in [0.2, 0.25) is 0 Å². The minimum absolute atomic E-state index is 0.0504. The van der Waals surface area contributed by atoms with E-state index in [1.165, 1.54) is 12.1 Å². The first kappa shape index (κ1) is 18.9. The lowest BCUT2D eigenvalue weighted by Gasteiger charge is -2.34. The predicted molar refractivity (Wildman–Crippen MR) is 109 cm³/mol. The minimum atomic E-state index is -0.500. The van der Waals surface area contributed by atoms with Crippen molar-refractivity contribution >= 4 is 28.2 Å². The molecule has 2 amide bonds. The molecule has 9 heteroatoms. The number of nitro groups is 1. The van der Waals surface area contributed by atoms with Crippen LogP contribution >= 0.6 is 11.3 Å². The number of carbonyl (C=O) groups is 2. The van der Waals surface area contributed by atoms with Crippen molar-refractivity contribution < 1.29 is 14.5 Å². The highest BCUT2D eigenvalue weighted by atomic mass is 32.1. The summed E-state index contributed by atoms with van der Waals surface area (Å²) in [6, 6.07) is 14.1. The Labute approximate surface area is 170 Å². The van der Waals surface area contributed by atoms with Gasteiger partial charge in [0.05, 0.1) is 9.80 Å². The van der Waals surface area contributed by atoms with Crippen molar-refractivity contribution in [2.75, 3.05) is 26.2 Å². The Kier molecular flexibility index (Phi) is 5.13. The maximum Gasteiger partial charge on any atom is 0.324 e. The number of rotatable bonds is 4. The van der Waals surface area contributed by atoms with E-state index in [1.54, 1.807) is 21.9 Å². The Morgan fingerprint density at radius 1 is 0.862 bits per heavy atom. The molecular formula is C20H18N4O4S. The highest BCUT2D eigenvalue weighted by Gasteiger charge is 2.27. The monoisotopic (exact) mass is 410 g/mol. The van der Waals surface area contributed by atoms with E-state index in [9.17, 15) is 19.7 Å². The zero-order chi connectivity index (χ0) is 20.4. The predicted octanol–water partition coefficient (Wildman–Crippen LogP) is 3.05. The lowest BCUT2D eigenvalue weighted by molar-refractivity contribution is -0.380. The molecule has 3 heterocycles. The molecule has 3 aromatic rings. The van der Waals surface area contributed by atoms with Crippen LogP contribution in [0.2, 0.25) is 0 Å². The van der Waals surface area contributed by atoms with Crippen molar-refractivity contribution in [2.45, 2.75) is 0 Å². The van der Waals surface area contributed by atoms with Crippen LogP contribution in [0.25, 0.3) is 5.69 Å². The van der Waals surface area contributed by atoms with E-state index >= 15 is 0 Å². The molecule has 0 N–H and O–H groups in total. The first-order valence-electron chi connectivity index (χ1n) is 9.09. The molecule has 0 radical (unpaired) electrons. The molecule has 1 aromatic carbocycles.